The van der Waals surface area contributed by atoms with Gasteiger partial charge in [-0.25, -0.2) is 0 Å². The fraction of sp³-hybridized carbons (Fsp3) is 0.333. The number of rotatable bonds is 9. The first-order chi connectivity index (χ1) is 16.6. The number of amides is 1. The molecule has 0 unspecified atom stereocenters. The maximum absolute atomic E-state index is 13.7. The molecule has 34 heavy (non-hydrogen) atoms. The first-order valence-corrected chi connectivity index (χ1v) is 12.2. The van der Waals surface area contributed by atoms with Crippen molar-refractivity contribution < 1.29 is 9.53 Å². The van der Waals surface area contributed by atoms with E-state index in [1.165, 1.54) is 0 Å². The highest BCUT2D eigenvalue weighted by Gasteiger charge is 2.31. The second-order valence-corrected chi connectivity index (χ2v) is 9.16. The summed E-state index contributed by atoms with van der Waals surface area (Å²) in [5, 5.41) is 3.61. The van der Waals surface area contributed by atoms with Gasteiger partial charge >= 0.3 is 0 Å². The van der Waals surface area contributed by atoms with Gasteiger partial charge in [-0.15, -0.1) is 0 Å². The van der Waals surface area contributed by atoms with E-state index in [1.807, 2.05) is 43.3 Å². The normalized spacial score (nSPS) is 17.6. The SMILES string of the molecule is CCOc1ccc(C(=O)N(CC(c2ccccc2)c2ccccc2)C[C@H]2NCC[C@H]2S)c(=O)[nH]1. The van der Waals surface area contributed by atoms with Crippen molar-refractivity contribution in [3.05, 3.63) is 99.8 Å². The van der Waals surface area contributed by atoms with Crippen LogP contribution in [0.25, 0.3) is 0 Å². The number of nitrogens with zero attached hydrogens (tertiary/aromatic N) is 1. The fourth-order valence-corrected chi connectivity index (χ4v) is 4.78. The summed E-state index contributed by atoms with van der Waals surface area (Å²) < 4.78 is 5.38. The maximum atomic E-state index is 13.7. The summed E-state index contributed by atoms with van der Waals surface area (Å²) in [5.74, 6) is 0.0261. The van der Waals surface area contributed by atoms with E-state index in [4.69, 9.17) is 17.4 Å². The molecule has 1 aromatic heterocycles. The van der Waals surface area contributed by atoms with Gasteiger partial charge in [-0.3, -0.25) is 14.6 Å². The van der Waals surface area contributed by atoms with E-state index < -0.39 is 5.56 Å². The Morgan fingerprint density at radius 1 is 1.06 bits per heavy atom. The smallest absolute Gasteiger partial charge is 0.263 e. The minimum atomic E-state index is -0.446. The molecular weight excluding hydrogens is 446 g/mol. The Balaban J connectivity index is 1.68. The van der Waals surface area contributed by atoms with Gasteiger partial charge in [-0.1, -0.05) is 60.7 Å². The van der Waals surface area contributed by atoms with Gasteiger partial charge in [0.15, 0.2) is 5.88 Å². The van der Waals surface area contributed by atoms with Gasteiger partial charge in [0.05, 0.1) is 6.61 Å². The lowest BCUT2D eigenvalue weighted by molar-refractivity contribution is 0.0735. The van der Waals surface area contributed by atoms with Gasteiger partial charge in [0.1, 0.15) is 5.56 Å². The summed E-state index contributed by atoms with van der Waals surface area (Å²) in [6, 6.07) is 23.6. The number of aromatic amines is 1. The number of pyridine rings is 1. The second kappa shape index (κ2) is 11.4. The minimum Gasteiger partial charge on any atom is -0.479 e. The van der Waals surface area contributed by atoms with Crippen LogP contribution in [0.15, 0.2) is 77.6 Å². The number of aromatic nitrogens is 1. The quantitative estimate of drug-likeness (QED) is 0.411. The molecule has 178 valence electrons. The second-order valence-electron chi connectivity index (χ2n) is 8.50. The summed E-state index contributed by atoms with van der Waals surface area (Å²) in [7, 11) is 0. The zero-order valence-corrected chi connectivity index (χ0v) is 20.2. The van der Waals surface area contributed by atoms with Crippen LogP contribution in [0.5, 0.6) is 5.88 Å². The Bertz CT molecular complexity index is 1100. The molecule has 6 nitrogen and oxygen atoms in total. The van der Waals surface area contributed by atoms with Crippen LogP contribution in [0.1, 0.15) is 40.7 Å². The van der Waals surface area contributed by atoms with Crippen molar-refractivity contribution in [3.63, 3.8) is 0 Å². The molecule has 2 N–H and O–H groups in total. The monoisotopic (exact) mass is 477 g/mol. The molecule has 1 saturated heterocycles. The molecule has 2 atom stereocenters. The summed E-state index contributed by atoms with van der Waals surface area (Å²) in [6.45, 7) is 4.05. The Kier molecular flexibility index (Phi) is 8.08. The van der Waals surface area contributed by atoms with Gasteiger partial charge in [0.25, 0.3) is 11.5 Å². The Hall–Kier alpha value is -3.03. The third kappa shape index (κ3) is 5.72. The molecule has 0 aliphatic carbocycles. The minimum absolute atomic E-state index is 0.0344. The number of carbonyl (C=O) groups excluding carboxylic acids is 1. The molecule has 3 aromatic rings. The van der Waals surface area contributed by atoms with Gasteiger partial charge in [0, 0.05) is 30.3 Å². The molecule has 1 aliphatic heterocycles. The highest BCUT2D eigenvalue weighted by Crippen LogP contribution is 2.27. The number of hydrogen-bond acceptors (Lipinski definition) is 5. The average molecular weight is 478 g/mol. The van der Waals surface area contributed by atoms with Crippen LogP contribution >= 0.6 is 12.6 Å². The van der Waals surface area contributed by atoms with Crippen molar-refractivity contribution in [1.82, 2.24) is 15.2 Å². The van der Waals surface area contributed by atoms with E-state index in [-0.39, 0.29) is 28.7 Å². The average Bonchev–Trinajstić information content (AvgIpc) is 3.27. The topological polar surface area (TPSA) is 74.4 Å². The van der Waals surface area contributed by atoms with Crippen LogP contribution < -0.4 is 15.6 Å². The Labute approximate surface area is 205 Å². The molecule has 2 heterocycles. The summed E-state index contributed by atoms with van der Waals surface area (Å²) >= 11 is 4.72. The molecule has 0 spiro atoms. The van der Waals surface area contributed by atoms with Crippen LogP contribution in [-0.4, -0.2) is 53.3 Å². The standard InChI is InChI=1S/C27H31N3O3S/c1-2-33-25-14-13-21(26(31)29-25)27(32)30(18-23-24(34)15-16-28-23)17-22(19-9-5-3-6-10-19)20-11-7-4-8-12-20/h3-14,22-24,28,34H,2,15-18H2,1H3,(H,29,31)/t23-,24-/m1/s1. The molecule has 0 bridgehead atoms. The Morgan fingerprint density at radius 2 is 1.71 bits per heavy atom. The molecule has 0 saturated carbocycles. The highest BCUT2D eigenvalue weighted by molar-refractivity contribution is 7.81. The molecule has 1 aliphatic rings. The molecule has 1 amide bonds. The number of carbonyl (C=O) groups is 1. The zero-order chi connectivity index (χ0) is 23.9. The van der Waals surface area contributed by atoms with Crippen LogP contribution in [0.4, 0.5) is 0 Å². The fourth-order valence-electron chi connectivity index (χ4n) is 4.45. The van der Waals surface area contributed by atoms with Gasteiger partial charge in [0.2, 0.25) is 0 Å². The summed E-state index contributed by atoms with van der Waals surface area (Å²) in [4.78, 5) is 31.0. The first kappa shape index (κ1) is 24.1. The third-order valence-corrected chi connectivity index (χ3v) is 6.85. The van der Waals surface area contributed by atoms with E-state index in [2.05, 4.69) is 34.6 Å². The number of thiol groups is 1. The number of benzene rings is 2. The Morgan fingerprint density at radius 3 is 2.24 bits per heavy atom. The van der Waals surface area contributed by atoms with Crippen molar-refractivity contribution in [1.29, 1.82) is 0 Å². The predicted molar refractivity (Wildman–Crippen MR) is 138 cm³/mol. The number of hydrogen-bond donors (Lipinski definition) is 3. The van der Waals surface area contributed by atoms with E-state index in [0.29, 0.717) is 25.6 Å². The third-order valence-electron chi connectivity index (χ3n) is 6.24. The van der Waals surface area contributed by atoms with Gasteiger partial charge in [-0.2, -0.15) is 12.6 Å². The molecule has 1 fully saturated rings. The largest absolute Gasteiger partial charge is 0.479 e. The summed E-state index contributed by atoms with van der Waals surface area (Å²) in [5.41, 5.74) is 1.90. The molecule has 7 heteroatoms. The van der Waals surface area contributed by atoms with Crippen LogP contribution in [0, 0.1) is 0 Å². The van der Waals surface area contributed by atoms with Crippen molar-refractivity contribution in [2.45, 2.75) is 30.6 Å². The van der Waals surface area contributed by atoms with Crippen LogP contribution in [0.3, 0.4) is 0 Å². The number of nitrogens with one attached hydrogen (secondary N) is 2. The van der Waals surface area contributed by atoms with E-state index in [1.54, 1.807) is 17.0 Å². The molecule has 0 radical (unpaired) electrons. The predicted octanol–water partition coefficient (Wildman–Crippen LogP) is 3.71. The summed E-state index contributed by atoms with van der Waals surface area (Å²) in [6.07, 6.45) is 0.945. The number of H-pyrrole nitrogens is 1. The molecule has 2 aromatic carbocycles. The van der Waals surface area contributed by atoms with E-state index >= 15 is 0 Å². The van der Waals surface area contributed by atoms with E-state index in [0.717, 1.165) is 24.1 Å². The van der Waals surface area contributed by atoms with Gasteiger partial charge in [-0.05, 0) is 43.1 Å². The molecule has 4 rings (SSSR count). The van der Waals surface area contributed by atoms with Crippen molar-refractivity contribution in [2.24, 2.45) is 0 Å². The van der Waals surface area contributed by atoms with Crippen molar-refractivity contribution in [2.75, 3.05) is 26.2 Å². The lowest BCUT2D eigenvalue weighted by Gasteiger charge is -2.31. The van der Waals surface area contributed by atoms with Gasteiger partial charge < -0.3 is 15.0 Å². The van der Waals surface area contributed by atoms with Crippen LogP contribution in [0.2, 0.25) is 0 Å². The van der Waals surface area contributed by atoms with Crippen molar-refractivity contribution >= 4 is 18.5 Å². The number of ether oxygens (including phenoxy) is 1. The first-order valence-electron chi connectivity index (χ1n) is 11.7. The lowest BCUT2D eigenvalue weighted by atomic mass is 9.90. The highest BCUT2D eigenvalue weighted by atomic mass is 32.1. The molecular formula is C27H31N3O3S. The zero-order valence-electron chi connectivity index (χ0n) is 19.3. The van der Waals surface area contributed by atoms with Crippen LogP contribution in [-0.2, 0) is 0 Å². The lowest BCUT2D eigenvalue weighted by Crippen LogP contribution is -2.46. The van der Waals surface area contributed by atoms with E-state index in [9.17, 15) is 9.59 Å². The van der Waals surface area contributed by atoms with Crippen molar-refractivity contribution in [3.8, 4) is 5.88 Å². The maximum Gasteiger partial charge on any atom is 0.263 e.